The minimum Gasteiger partial charge on any atom is -0.456 e. The van der Waals surface area contributed by atoms with Gasteiger partial charge in [-0.05, 0) is 33.8 Å². The fourth-order valence-electron chi connectivity index (χ4n) is 1.66. The highest BCUT2D eigenvalue weighted by molar-refractivity contribution is 5.96. The third-order valence-corrected chi connectivity index (χ3v) is 2.47. The lowest BCUT2D eigenvalue weighted by Crippen LogP contribution is -2.24. The predicted molar refractivity (Wildman–Crippen MR) is 70.8 cm³/mol. The summed E-state index contributed by atoms with van der Waals surface area (Å²) >= 11 is 0. The smallest absolute Gasteiger partial charge is 0.433 e. The number of ether oxygens (including phenoxy) is 1. The van der Waals surface area contributed by atoms with E-state index < -0.39 is 22.4 Å². The van der Waals surface area contributed by atoms with Gasteiger partial charge >= 0.3 is 11.9 Å². The van der Waals surface area contributed by atoms with Gasteiger partial charge in [-0.15, -0.1) is 0 Å². The molecule has 21 heavy (non-hydrogen) atoms. The van der Waals surface area contributed by atoms with Crippen molar-refractivity contribution in [3.05, 3.63) is 33.6 Å². The number of aromatic nitrogens is 1. The summed E-state index contributed by atoms with van der Waals surface area (Å²) in [5.41, 5.74) is -0.517. The quantitative estimate of drug-likeness (QED) is 0.486. The summed E-state index contributed by atoms with van der Waals surface area (Å²) < 4.78 is 15.3. The summed E-state index contributed by atoms with van der Waals surface area (Å²) in [7, 11) is 0. The second-order valence-corrected chi connectivity index (χ2v) is 5.36. The van der Waals surface area contributed by atoms with Crippen LogP contribution in [0, 0.1) is 17.0 Å². The first-order valence-electron chi connectivity index (χ1n) is 6.13. The fraction of sp³-hybridized carbons (Fsp3) is 0.385. The van der Waals surface area contributed by atoms with Crippen molar-refractivity contribution in [3.63, 3.8) is 0 Å². The van der Waals surface area contributed by atoms with Crippen LogP contribution in [0.5, 0.6) is 0 Å². The topological polar surface area (TPSA) is 109 Å². The summed E-state index contributed by atoms with van der Waals surface area (Å²) in [5.74, 6) is -0.756. The number of aryl methyl sites for hydroxylation is 1. The minimum atomic E-state index is -0.687. The standard InChI is InChI=1S/C13H14N2O6/c1-7-10(12(16)20-13(2,3)4)11(14-21-7)8-5-6-9(19-8)15(17)18/h5-6H,1-4H3. The Morgan fingerprint density at radius 1 is 1.38 bits per heavy atom. The summed E-state index contributed by atoms with van der Waals surface area (Å²) in [5, 5.41) is 14.4. The van der Waals surface area contributed by atoms with Crippen molar-refractivity contribution < 1.29 is 23.4 Å². The van der Waals surface area contributed by atoms with Crippen LogP contribution < -0.4 is 0 Å². The number of rotatable bonds is 3. The monoisotopic (exact) mass is 294 g/mol. The van der Waals surface area contributed by atoms with E-state index in [0.29, 0.717) is 0 Å². The van der Waals surface area contributed by atoms with Gasteiger partial charge in [0.1, 0.15) is 21.8 Å². The van der Waals surface area contributed by atoms with Crippen LogP contribution in [0.2, 0.25) is 0 Å². The first-order valence-corrected chi connectivity index (χ1v) is 6.13. The predicted octanol–water partition coefficient (Wildman–Crippen LogP) is 3.11. The van der Waals surface area contributed by atoms with Crippen LogP contribution in [0.4, 0.5) is 5.88 Å². The number of carbonyl (C=O) groups excluding carboxylic acids is 1. The van der Waals surface area contributed by atoms with E-state index in [1.165, 1.54) is 12.1 Å². The van der Waals surface area contributed by atoms with Crippen LogP contribution in [-0.4, -0.2) is 21.7 Å². The molecule has 2 rings (SSSR count). The molecule has 112 valence electrons. The Bertz CT molecular complexity index is 692. The van der Waals surface area contributed by atoms with Gasteiger partial charge in [0.2, 0.25) is 0 Å². The Hall–Kier alpha value is -2.64. The van der Waals surface area contributed by atoms with E-state index in [2.05, 4.69) is 5.16 Å². The Labute approximate surface area is 119 Å². The second-order valence-electron chi connectivity index (χ2n) is 5.36. The largest absolute Gasteiger partial charge is 0.456 e. The van der Waals surface area contributed by atoms with Crippen LogP contribution in [0.1, 0.15) is 36.9 Å². The average Bonchev–Trinajstić information content (AvgIpc) is 2.92. The van der Waals surface area contributed by atoms with Gasteiger partial charge in [-0.1, -0.05) is 5.16 Å². The van der Waals surface area contributed by atoms with E-state index in [0.717, 1.165) is 0 Å². The third-order valence-electron chi connectivity index (χ3n) is 2.47. The van der Waals surface area contributed by atoms with Crippen LogP contribution in [0.15, 0.2) is 21.1 Å². The van der Waals surface area contributed by atoms with E-state index in [-0.39, 0.29) is 22.8 Å². The molecule has 0 amide bonds. The van der Waals surface area contributed by atoms with Gasteiger partial charge in [0.15, 0.2) is 11.5 Å². The minimum absolute atomic E-state index is 0.0689. The number of hydrogen-bond acceptors (Lipinski definition) is 7. The molecule has 0 saturated carbocycles. The molecule has 0 fully saturated rings. The molecule has 8 heteroatoms. The number of carbonyl (C=O) groups is 1. The Morgan fingerprint density at radius 3 is 2.57 bits per heavy atom. The van der Waals surface area contributed by atoms with Gasteiger partial charge in [0.05, 0.1) is 6.07 Å². The number of esters is 1. The highest BCUT2D eigenvalue weighted by Crippen LogP contribution is 2.30. The van der Waals surface area contributed by atoms with E-state index in [1.807, 2.05) is 0 Å². The van der Waals surface area contributed by atoms with Crippen LogP contribution in [0.3, 0.4) is 0 Å². The normalized spacial score (nSPS) is 11.4. The molecule has 0 aliphatic heterocycles. The summed E-state index contributed by atoms with van der Waals surface area (Å²) in [6.45, 7) is 6.73. The van der Waals surface area contributed by atoms with Crippen molar-refractivity contribution in [2.24, 2.45) is 0 Å². The van der Waals surface area contributed by atoms with Crippen molar-refractivity contribution in [2.75, 3.05) is 0 Å². The van der Waals surface area contributed by atoms with Gasteiger partial charge in [-0.3, -0.25) is 10.1 Å². The zero-order valence-electron chi connectivity index (χ0n) is 12.0. The molecule has 2 heterocycles. The molecule has 0 aliphatic rings. The molecule has 2 aromatic rings. The van der Waals surface area contributed by atoms with Crippen molar-refractivity contribution in [1.29, 1.82) is 0 Å². The molecular weight excluding hydrogens is 280 g/mol. The van der Waals surface area contributed by atoms with Gasteiger partial charge in [0, 0.05) is 0 Å². The van der Waals surface area contributed by atoms with Crippen molar-refractivity contribution >= 4 is 11.9 Å². The average molecular weight is 294 g/mol. The number of hydrogen-bond donors (Lipinski definition) is 0. The highest BCUT2D eigenvalue weighted by atomic mass is 16.6. The third kappa shape index (κ3) is 3.10. The van der Waals surface area contributed by atoms with Gasteiger partial charge in [-0.25, -0.2) is 4.79 Å². The number of nitro groups is 1. The molecule has 0 atom stereocenters. The molecule has 2 aromatic heterocycles. The van der Waals surface area contributed by atoms with Crippen LogP contribution >= 0.6 is 0 Å². The summed E-state index contributed by atoms with van der Waals surface area (Å²) in [4.78, 5) is 22.1. The molecule has 8 nitrogen and oxygen atoms in total. The maximum atomic E-state index is 12.2. The van der Waals surface area contributed by atoms with Crippen molar-refractivity contribution in [3.8, 4) is 11.5 Å². The van der Waals surface area contributed by atoms with Crippen LogP contribution in [-0.2, 0) is 4.74 Å². The molecule has 0 bridgehead atoms. The zero-order valence-corrected chi connectivity index (χ0v) is 12.0. The lowest BCUT2D eigenvalue weighted by Gasteiger charge is -2.19. The Balaban J connectivity index is 2.42. The maximum absolute atomic E-state index is 12.2. The maximum Gasteiger partial charge on any atom is 0.433 e. The summed E-state index contributed by atoms with van der Waals surface area (Å²) in [6, 6.07) is 2.53. The van der Waals surface area contributed by atoms with Crippen molar-refractivity contribution in [1.82, 2.24) is 5.16 Å². The first kappa shape index (κ1) is 14.8. The molecular formula is C13H14N2O6. The lowest BCUT2D eigenvalue weighted by molar-refractivity contribution is -0.401. The fourth-order valence-corrected chi connectivity index (χ4v) is 1.66. The molecule has 0 saturated heterocycles. The van der Waals surface area contributed by atoms with Crippen molar-refractivity contribution in [2.45, 2.75) is 33.3 Å². The second kappa shape index (κ2) is 5.04. The molecule has 0 unspecified atom stereocenters. The van der Waals surface area contributed by atoms with E-state index in [4.69, 9.17) is 13.7 Å². The highest BCUT2D eigenvalue weighted by Gasteiger charge is 2.29. The summed E-state index contributed by atoms with van der Waals surface area (Å²) in [6.07, 6.45) is 0. The van der Waals surface area contributed by atoms with Gasteiger partial charge in [-0.2, -0.15) is 0 Å². The number of furan rings is 1. The van der Waals surface area contributed by atoms with E-state index in [9.17, 15) is 14.9 Å². The molecule has 0 spiro atoms. The van der Waals surface area contributed by atoms with E-state index in [1.54, 1.807) is 27.7 Å². The molecule has 0 radical (unpaired) electrons. The Kier molecular flexibility index (Phi) is 3.54. The molecule has 0 N–H and O–H groups in total. The van der Waals surface area contributed by atoms with E-state index >= 15 is 0 Å². The lowest BCUT2D eigenvalue weighted by atomic mass is 10.1. The number of nitrogens with zero attached hydrogens (tertiary/aromatic N) is 2. The van der Waals surface area contributed by atoms with Crippen LogP contribution in [0.25, 0.3) is 11.5 Å². The zero-order chi connectivity index (χ0) is 15.8. The first-order chi connectivity index (χ1) is 9.69. The van der Waals surface area contributed by atoms with Gasteiger partial charge < -0.3 is 13.7 Å². The van der Waals surface area contributed by atoms with Gasteiger partial charge in [0.25, 0.3) is 0 Å². The molecule has 0 aliphatic carbocycles. The SMILES string of the molecule is Cc1onc(-c2ccc([N+](=O)[O-])o2)c1C(=O)OC(C)(C)C. The molecule has 0 aromatic carbocycles. The Morgan fingerprint density at radius 2 is 2.05 bits per heavy atom.